The lowest BCUT2D eigenvalue weighted by atomic mass is 9.85. The summed E-state index contributed by atoms with van der Waals surface area (Å²) in [5, 5.41) is 29.9. The number of H-pyrrole nitrogens is 1. The van der Waals surface area contributed by atoms with Crippen LogP contribution in [-0.2, 0) is 58.5 Å². The molecule has 3 amide bonds. The van der Waals surface area contributed by atoms with Crippen molar-refractivity contribution < 1.29 is 53.1 Å². The van der Waals surface area contributed by atoms with Gasteiger partial charge < -0.3 is 59.4 Å². The summed E-state index contributed by atoms with van der Waals surface area (Å²) in [6, 6.07) is 14.0. The first-order valence-electron chi connectivity index (χ1n) is 20.9. The molecule has 20 heteroatoms. The van der Waals surface area contributed by atoms with Crippen LogP contribution >= 0.6 is 12.4 Å². The van der Waals surface area contributed by atoms with Crippen molar-refractivity contribution in [2.75, 3.05) is 12.4 Å². The van der Waals surface area contributed by atoms with Gasteiger partial charge in [0.05, 0.1) is 41.4 Å². The quantitative estimate of drug-likeness (QED) is 0.0911. The Kier molecular flexibility index (Phi) is 13.6. The molecule has 1 saturated heterocycles. The van der Waals surface area contributed by atoms with Crippen molar-refractivity contribution in [3.63, 3.8) is 0 Å². The van der Waals surface area contributed by atoms with Crippen molar-refractivity contribution in [1.29, 1.82) is 0 Å². The molecule has 6 heterocycles. The molecule has 5 aromatic rings. The number of hydrogen-bond donors (Lipinski definition) is 6. The van der Waals surface area contributed by atoms with Gasteiger partial charge in [0.25, 0.3) is 5.56 Å². The number of hydrogen-bond acceptors (Lipinski definition) is 14. The standard InChI is InChI=1S/C45H49N7O12.ClH/c1-6-45(30-17-33-35-25(15-24-9-7-8-10-31(24)49-35)19-52(33)40(56)29(30)20-61-43(45)58)64-41(57)34(22(2)3)51-39(55)32(16-27-18-46-21-47-27)50-44(59)48-26-11-13-28(14-12-26)63-42-37(54)38(60-5)36(53)23(4)62-42;/h7-15,17-18,21-23,32,34,36-38,42,53-54H,6,16,19-20H2,1-5H3,(H,46,47)(H,51,55)(H2,48,50,59);1H/t23-,32-,34-,36+,37-,38+,42+,45-;/m0./s1. The van der Waals surface area contributed by atoms with E-state index >= 15 is 0 Å². The second-order valence-corrected chi connectivity index (χ2v) is 16.4. The number of benzene rings is 2. The first kappa shape index (κ1) is 46.6. The Bertz CT molecular complexity index is 2640. The molecule has 3 aromatic heterocycles. The summed E-state index contributed by atoms with van der Waals surface area (Å²) in [5.74, 6) is -2.84. The number of methoxy groups -OCH3 is 1. The molecule has 8 atom stereocenters. The zero-order chi connectivity index (χ0) is 45.4. The van der Waals surface area contributed by atoms with Gasteiger partial charge in [0.1, 0.15) is 42.8 Å². The molecule has 0 saturated carbocycles. The number of aromatic amines is 1. The first-order chi connectivity index (χ1) is 30.7. The largest absolute Gasteiger partial charge is 0.462 e. The number of para-hydroxylation sites is 1. The van der Waals surface area contributed by atoms with Crippen LogP contribution in [0.1, 0.15) is 56.5 Å². The van der Waals surface area contributed by atoms with Gasteiger partial charge in [0.2, 0.25) is 17.8 Å². The molecular formula is C45H50ClN7O12. The zero-order valence-corrected chi connectivity index (χ0v) is 36.9. The van der Waals surface area contributed by atoms with E-state index in [1.54, 1.807) is 38.3 Å². The summed E-state index contributed by atoms with van der Waals surface area (Å²) in [5.41, 5.74) is 1.37. The minimum absolute atomic E-state index is 0. The molecule has 0 bridgehead atoms. The summed E-state index contributed by atoms with van der Waals surface area (Å²) < 4.78 is 29.9. The Balaban J connectivity index is 0.00000630. The maximum absolute atomic E-state index is 14.3. The molecule has 65 heavy (non-hydrogen) atoms. The van der Waals surface area contributed by atoms with Gasteiger partial charge in [-0.25, -0.2) is 24.4 Å². The number of pyridine rings is 2. The average molecular weight is 916 g/mol. The normalized spacial score (nSPS) is 22.9. The van der Waals surface area contributed by atoms with Gasteiger partial charge in [-0.2, -0.15) is 0 Å². The number of fused-ring (bicyclic) bond motifs is 5. The van der Waals surface area contributed by atoms with Crippen LogP contribution in [0.15, 0.2) is 78.0 Å². The number of nitrogens with zero attached hydrogens (tertiary/aromatic N) is 3. The van der Waals surface area contributed by atoms with Gasteiger partial charge in [0.15, 0.2) is 0 Å². The van der Waals surface area contributed by atoms with Gasteiger partial charge in [0, 0.05) is 47.6 Å². The lowest BCUT2D eigenvalue weighted by Gasteiger charge is -2.40. The van der Waals surface area contributed by atoms with Crippen LogP contribution in [0.5, 0.6) is 5.75 Å². The highest BCUT2D eigenvalue weighted by atomic mass is 35.5. The zero-order valence-electron chi connectivity index (χ0n) is 36.1. The van der Waals surface area contributed by atoms with Gasteiger partial charge in [-0.1, -0.05) is 39.0 Å². The second-order valence-electron chi connectivity index (χ2n) is 16.4. The summed E-state index contributed by atoms with van der Waals surface area (Å²) >= 11 is 0. The van der Waals surface area contributed by atoms with Gasteiger partial charge in [-0.15, -0.1) is 12.4 Å². The summed E-state index contributed by atoms with van der Waals surface area (Å²) in [7, 11) is 1.36. The van der Waals surface area contributed by atoms with Crippen LogP contribution in [0.4, 0.5) is 10.5 Å². The van der Waals surface area contributed by atoms with Crippen LogP contribution in [0.3, 0.4) is 0 Å². The second kappa shape index (κ2) is 19.0. The minimum atomic E-state index is -2.03. The molecule has 2 aromatic carbocycles. The van der Waals surface area contributed by atoms with Crippen LogP contribution in [0.2, 0.25) is 0 Å². The number of amides is 3. The van der Waals surface area contributed by atoms with Crippen molar-refractivity contribution >= 4 is 52.9 Å². The van der Waals surface area contributed by atoms with E-state index in [0.29, 0.717) is 28.5 Å². The molecule has 3 aliphatic heterocycles. The SMILES string of the molecule is CC[C@@]1(OC(=O)[C@@H](NC(=O)[C@H](Cc2cnc[nH]2)NC(=O)Nc2ccc(O[C@H]3O[C@@H](C)[C@@H](O)[C@@H](OC)[C@@H]3O)cc2)C(C)C)C(=O)OCc2c1cc1n(c2=O)Cc2cc3ccccc3nc2-1.Cl. The number of esters is 2. The number of aromatic nitrogens is 4. The Labute approximate surface area is 378 Å². The molecule has 6 N–H and O–H groups in total. The van der Waals surface area contributed by atoms with Crippen molar-refractivity contribution in [2.45, 2.75) is 102 Å². The smallest absolute Gasteiger partial charge is 0.355 e. The predicted octanol–water partition coefficient (Wildman–Crippen LogP) is 3.21. The number of nitrogens with one attached hydrogen (secondary N) is 4. The number of anilines is 1. The number of aliphatic hydroxyl groups excluding tert-OH is 2. The third-order valence-electron chi connectivity index (χ3n) is 11.9. The number of imidazole rings is 1. The summed E-state index contributed by atoms with van der Waals surface area (Å²) in [6.07, 6.45) is -2.32. The fourth-order valence-corrected chi connectivity index (χ4v) is 8.34. The monoisotopic (exact) mass is 915 g/mol. The fourth-order valence-electron chi connectivity index (χ4n) is 8.34. The number of halogens is 1. The predicted molar refractivity (Wildman–Crippen MR) is 235 cm³/mol. The van der Waals surface area contributed by atoms with E-state index in [1.807, 2.05) is 30.3 Å². The highest BCUT2D eigenvalue weighted by molar-refractivity contribution is 5.96. The number of urea groups is 1. The number of carbonyl (C=O) groups excluding carboxylic acids is 4. The molecule has 0 aliphatic carbocycles. The number of aliphatic hydroxyl groups is 2. The maximum Gasteiger partial charge on any atom is 0.355 e. The molecular weight excluding hydrogens is 866 g/mol. The minimum Gasteiger partial charge on any atom is -0.462 e. The maximum atomic E-state index is 14.3. The summed E-state index contributed by atoms with van der Waals surface area (Å²) in [4.78, 5) is 81.5. The highest BCUT2D eigenvalue weighted by Gasteiger charge is 2.52. The van der Waals surface area contributed by atoms with Crippen LogP contribution < -0.4 is 26.2 Å². The number of rotatable bonds is 13. The topological polar surface area (TPSA) is 255 Å². The van der Waals surface area contributed by atoms with E-state index in [4.69, 9.17) is 28.7 Å². The van der Waals surface area contributed by atoms with Crippen molar-refractivity contribution in [2.24, 2.45) is 5.92 Å². The fraction of sp³-hybridized carbons (Fsp3) is 0.400. The molecule has 8 rings (SSSR count). The molecule has 344 valence electrons. The van der Waals surface area contributed by atoms with Crippen LogP contribution in [0, 0.1) is 5.92 Å². The lowest BCUT2D eigenvalue weighted by molar-refractivity contribution is -0.272. The Hall–Kier alpha value is -6.38. The third-order valence-corrected chi connectivity index (χ3v) is 11.9. The van der Waals surface area contributed by atoms with E-state index in [1.165, 1.54) is 43.9 Å². The highest BCUT2D eigenvalue weighted by Crippen LogP contribution is 2.41. The lowest BCUT2D eigenvalue weighted by Crippen LogP contribution is -2.59. The van der Waals surface area contributed by atoms with E-state index in [-0.39, 0.29) is 49.5 Å². The molecule has 0 radical (unpaired) electrons. The molecule has 0 spiro atoms. The van der Waals surface area contributed by atoms with Crippen molar-refractivity contribution in [3.8, 4) is 17.1 Å². The Morgan fingerprint density at radius 3 is 2.49 bits per heavy atom. The van der Waals surface area contributed by atoms with Gasteiger partial charge in [-0.05, 0) is 61.7 Å². The van der Waals surface area contributed by atoms with E-state index in [9.17, 15) is 34.2 Å². The van der Waals surface area contributed by atoms with Crippen molar-refractivity contribution in [1.82, 2.24) is 30.2 Å². The van der Waals surface area contributed by atoms with Crippen molar-refractivity contribution in [3.05, 3.63) is 106 Å². The Morgan fingerprint density at radius 1 is 1.05 bits per heavy atom. The Morgan fingerprint density at radius 2 is 1.80 bits per heavy atom. The van der Waals surface area contributed by atoms with E-state index < -0.39 is 83.7 Å². The van der Waals surface area contributed by atoms with Crippen LogP contribution in [0.25, 0.3) is 22.3 Å². The van der Waals surface area contributed by atoms with Gasteiger partial charge in [-0.3, -0.25) is 9.59 Å². The average Bonchev–Trinajstić information content (AvgIpc) is 3.93. The number of carbonyl (C=O) groups is 4. The molecule has 0 unspecified atom stereocenters. The number of ether oxygens (including phenoxy) is 5. The van der Waals surface area contributed by atoms with E-state index in [0.717, 1.165) is 16.5 Å². The molecule has 1 fully saturated rings. The van der Waals surface area contributed by atoms with Gasteiger partial charge >= 0.3 is 18.0 Å². The summed E-state index contributed by atoms with van der Waals surface area (Å²) in [6.45, 7) is 6.58. The van der Waals surface area contributed by atoms with Crippen LogP contribution in [-0.4, -0.2) is 104 Å². The first-order valence-corrected chi connectivity index (χ1v) is 20.9. The van der Waals surface area contributed by atoms with E-state index in [2.05, 4.69) is 25.9 Å². The number of cyclic esters (lactones) is 1. The molecule has 3 aliphatic rings. The molecule has 19 nitrogen and oxygen atoms in total. The third kappa shape index (κ3) is 9.01.